The normalized spacial score (nSPS) is 17.0. The van der Waals surface area contributed by atoms with Crippen molar-refractivity contribution in [1.82, 2.24) is 4.90 Å². The van der Waals surface area contributed by atoms with Crippen molar-refractivity contribution in [3.05, 3.63) is 80.9 Å². The van der Waals surface area contributed by atoms with Gasteiger partial charge in [0.2, 0.25) is 5.91 Å². The molecule has 1 amide bonds. The SMILES string of the molecule is Cc1ccc([C@H]2SCCN2C(=O)/C=C/c2ccc([N+](=O)[O-])cc2)c(C)c1. The lowest BCUT2D eigenvalue weighted by molar-refractivity contribution is -0.384. The van der Waals surface area contributed by atoms with Gasteiger partial charge in [0.05, 0.1) is 4.92 Å². The van der Waals surface area contributed by atoms with Gasteiger partial charge in [0.25, 0.3) is 5.69 Å². The van der Waals surface area contributed by atoms with Crippen LogP contribution in [0.2, 0.25) is 0 Å². The monoisotopic (exact) mass is 368 g/mol. The minimum Gasteiger partial charge on any atom is -0.322 e. The van der Waals surface area contributed by atoms with E-state index in [0.717, 1.165) is 11.3 Å². The molecule has 2 aromatic carbocycles. The van der Waals surface area contributed by atoms with Crippen LogP contribution in [-0.2, 0) is 4.79 Å². The van der Waals surface area contributed by atoms with Gasteiger partial charge in [-0.3, -0.25) is 14.9 Å². The molecular weight excluding hydrogens is 348 g/mol. The summed E-state index contributed by atoms with van der Waals surface area (Å²) in [7, 11) is 0. The Morgan fingerprint density at radius 3 is 2.62 bits per heavy atom. The lowest BCUT2D eigenvalue weighted by atomic mass is 10.0. The van der Waals surface area contributed by atoms with Crippen LogP contribution in [-0.4, -0.2) is 28.0 Å². The van der Waals surface area contributed by atoms with Crippen LogP contribution in [0.25, 0.3) is 6.08 Å². The molecule has 5 nitrogen and oxygen atoms in total. The molecule has 0 saturated carbocycles. The van der Waals surface area contributed by atoms with E-state index in [9.17, 15) is 14.9 Å². The Hall–Kier alpha value is -2.60. The molecule has 1 fully saturated rings. The third-order valence-electron chi connectivity index (χ3n) is 4.39. The molecule has 0 radical (unpaired) electrons. The quantitative estimate of drug-likeness (QED) is 0.453. The van der Waals surface area contributed by atoms with Crippen molar-refractivity contribution < 1.29 is 9.72 Å². The zero-order valence-electron chi connectivity index (χ0n) is 14.7. The third-order valence-corrected chi connectivity index (χ3v) is 5.63. The standard InChI is InChI=1S/C20H20N2O3S/c1-14-3-9-18(15(2)13-14)20-21(11-12-26-20)19(23)10-6-16-4-7-17(8-5-16)22(24)25/h3-10,13,20H,11-12H2,1-2H3/b10-6+/t20-/m1/s1. The largest absolute Gasteiger partial charge is 0.322 e. The molecule has 0 spiro atoms. The number of non-ortho nitro benzene ring substituents is 1. The number of thioether (sulfide) groups is 1. The van der Waals surface area contributed by atoms with Crippen LogP contribution in [0.1, 0.15) is 27.6 Å². The maximum atomic E-state index is 12.7. The number of rotatable bonds is 4. The Kier molecular flexibility index (Phi) is 5.42. The molecule has 134 valence electrons. The summed E-state index contributed by atoms with van der Waals surface area (Å²) in [6.45, 7) is 4.86. The van der Waals surface area contributed by atoms with Crippen LogP contribution >= 0.6 is 11.8 Å². The van der Waals surface area contributed by atoms with Gasteiger partial charge < -0.3 is 4.90 Å². The number of carbonyl (C=O) groups excluding carboxylic acids is 1. The van der Waals surface area contributed by atoms with Gasteiger partial charge in [-0.05, 0) is 48.7 Å². The van der Waals surface area contributed by atoms with Crippen LogP contribution < -0.4 is 0 Å². The second-order valence-corrected chi connectivity index (χ2v) is 7.48. The molecular formula is C20H20N2O3S. The Balaban J connectivity index is 1.74. The molecule has 0 N–H and O–H groups in total. The summed E-state index contributed by atoms with van der Waals surface area (Å²) < 4.78 is 0. The summed E-state index contributed by atoms with van der Waals surface area (Å²) >= 11 is 1.77. The second kappa shape index (κ2) is 7.74. The molecule has 1 saturated heterocycles. The first-order valence-corrected chi connectivity index (χ1v) is 9.42. The first kappa shape index (κ1) is 18.2. The molecule has 0 bridgehead atoms. The Labute approximate surface area is 156 Å². The Bertz CT molecular complexity index is 862. The van der Waals surface area contributed by atoms with Gasteiger partial charge in [-0.25, -0.2) is 0 Å². The fraction of sp³-hybridized carbons (Fsp3) is 0.250. The lowest BCUT2D eigenvalue weighted by Crippen LogP contribution is -2.29. The topological polar surface area (TPSA) is 63.5 Å². The number of amides is 1. The maximum Gasteiger partial charge on any atom is 0.269 e. The van der Waals surface area contributed by atoms with E-state index in [1.165, 1.54) is 28.8 Å². The van der Waals surface area contributed by atoms with E-state index in [2.05, 4.69) is 32.0 Å². The molecule has 0 aromatic heterocycles. The van der Waals surface area contributed by atoms with Crippen LogP contribution in [0.5, 0.6) is 0 Å². The van der Waals surface area contributed by atoms with Crippen LogP contribution in [0.15, 0.2) is 48.5 Å². The molecule has 1 heterocycles. The molecule has 2 aromatic rings. The summed E-state index contributed by atoms with van der Waals surface area (Å²) in [4.78, 5) is 24.8. The number of carbonyl (C=O) groups is 1. The van der Waals surface area contributed by atoms with Gasteiger partial charge in [-0.2, -0.15) is 0 Å². The highest BCUT2D eigenvalue weighted by Gasteiger charge is 2.30. The van der Waals surface area contributed by atoms with E-state index >= 15 is 0 Å². The highest BCUT2D eigenvalue weighted by molar-refractivity contribution is 7.99. The van der Waals surface area contributed by atoms with E-state index in [4.69, 9.17) is 0 Å². The second-order valence-electron chi connectivity index (χ2n) is 6.30. The number of hydrogen-bond donors (Lipinski definition) is 0. The Morgan fingerprint density at radius 1 is 1.23 bits per heavy atom. The number of nitro benzene ring substituents is 1. The summed E-state index contributed by atoms with van der Waals surface area (Å²) in [5.74, 6) is 0.869. The average Bonchev–Trinajstić information content (AvgIpc) is 3.09. The highest BCUT2D eigenvalue weighted by Crippen LogP contribution is 2.39. The maximum absolute atomic E-state index is 12.7. The molecule has 0 aliphatic carbocycles. The van der Waals surface area contributed by atoms with Crippen LogP contribution in [0.4, 0.5) is 5.69 Å². The van der Waals surface area contributed by atoms with Gasteiger partial charge in [-0.15, -0.1) is 11.8 Å². The molecule has 1 atom stereocenters. The van der Waals surface area contributed by atoms with Gasteiger partial charge in [0.15, 0.2) is 0 Å². The smallest absolute Gasteiger partial charge is 0.269 e. The summed E-state index contributed by atoms with van der Waals surface area (Å²) in [5, 5.41) is 10.7. The molecule has 6 heteroatoms. The number of nitrogens with zero attached hydrogens (tertiary/aromatic N) is 2. The van der Waals surface area contributed by atoms with E-state index in [0.29, 0.717) is 6.54 Å². The molecule has 1 aliphatic rings. The number of nitro groups is 1. The summed E-state index contributed by atoms with van der Waals surface area (Å²) in [6, 6.07) is 12.5. The van der Waals surface area contributed by atoms with Crippen molar-refractivity contribution in [1.29, 1.82) is 0 Å². The van der Waals surface area contributed by atoms with Crippen molar-refractivity contribution >= 4 is 29.4 Å². The van der Waals surface area contributed by atoms with Crippen molar-refractivity contribution in [2.45, 2.75) is 19.2 Å². The fourth-order valence-corrected chi connectivity index (χ4v) is 4.39. The van der Waals surface area contributed by atoms with Gasteiger partial charge >= 0.3 is 0 Å². The summed E-state index contributed by atoms with van der Waals surface area (Å²) in [6.07, 6.45) is 3.25. The average molecular weight is 368 g/mol. The highest BCUT2D eigenvalue weighted by atomic mass is 32.2. The van der Waals surface area contributed by atoms with E-state index in [-0.39, 0.29) is 17.0 Å². The van der Waals surface area contributed by atoms with Crippen LogP contribution in [0.3, 0.4) is 0 Å². The summed E-state index contributed by atoms with van der Waals surface area (Å²) in [5.41, 5.74) is 4.39. The molecule has 3 rings (SSSR count). The van der Waals surface area contributed by atoms with Crippen molar-refractivity contribution in [2.24, 2.45) is 0 Å². The van der Waals surface area contributed by atoms with Gasteiger partial charge in [0, 0.05) is 30.5 Å². The zero-order valence-corrected chi connectivity index (χ0v) is 15.5. The lowest BCUT2D eigenvalue weighted by Gasteiger charge is -2.24. The first-order chi connectivity index (χ1) is 12.5. The number of aryl methyl sites for hydroxylation is 2. The van der Waals surface area contributed by atoms with Crippen LogP contribution in [0, 0.1) is 24.0 Å². The fourth-order valence-electron chi connectivity index (χ4n) is 3.03. The number of benzene rings is 2. The van der Waals surface area contributed by atoms with Gasteiger partial charge in [0.1, 0.15) is 5.37 Å². The minimum absolute atomic E-state index is 0.0320. The van der Waals surface area contributed by atoms with Crippen molar-refractivity contribution in [3.8, 4) is 0 Å². The predicted molar refractivity (Wildman–Crippen MR) is 105 cm³/mol. The first-order valence-electron chi connectivity index (χ1n) is 8.37. The number of hydrogen-bond acceptors (Lipinski definition) is 4. The van der Waals surface area contributed by atoms with Crippen molar-refractivity contribution in [2.75, 3.05) is 12.3 Å². The van der Waals surface area contributed by atoms with E-state index in [1.807, 2.05) is 4.90 Å². The molecule has 26 heavy (non-hydrogen) atoms. The van der Waals surface area contributed by atoms with Gasteiger partial charge in [-0.1, -0.05) is 23.8 Å². The Morgan fingerprint density at radius 2 is 1.96 bits per heavy atom. The van der Waals surface area contributed by atoms with E-state index in [1.54, 1.807) is 36.0 Å². The van der Waals surface area contributed by atoms with E-state index < -0.39 is 4.92 Å². The molecule has 0 unspecified atom stereocenters. The minimum atomic E-state index is -0.436. The third kappa shape index (κ3) is 3.96. The predicted octanol–water partition coefficient (Wildman–Crippen LogP) is 4.50. The zero-order chi connectivity index (χ0) is 18.7. The van der Waals surface area contributed by atoms with Crippen molar-refractivity contribution in [3.63, 3.8) is 0 Å². The molecule has 1 aliphatic heterocycles.